The van der Waals surface area contributed by atoms with E-state index in [0.29, 0.717) is 5.41 Å². The van der Waals surface area contributed by atoms with Crippen LogP contribution in [0.1, 0.15) is 64.2 Å². The zero-order chi connectivity index (χ0) is 14.9. The summed E-state index contributed by atoms with van der Waals surface area (Å²) in [5.74, 6) is -0.821. The van der Waals surface area contributed by atoms with Crippen molar-refractivity contribution in [2.24, 2.45) is 5.41 Å². The largest absolute Gasteiger partial charge is 0.481 e. The highest BCUT2D eigenvalue weighted by Crippen LogP contribution is 2.46. The first-order valence-corrected chi connectivity index (χ1v) is 8.32. The van der Waals surface area contributed by atoms with Crippen LogP contribution in [0.4, 0.5) is 4.79 Å². The van der Waals surface area contributed by atoms with E-state index in [9.17, 15) is 9.59 Å². The van der Waals surface area contributed by atoms with Crippen molar-refractivity contribution in [3.8, 4) is 0 Å². The smallest absolute Gasteiger partial charge is 0.317 e. The Morgan fingerprint density at radius 1 is 0.952 bits per heavy atom. The highest BCUT2D eigenvalue weighted by atomic mass is 16.4. The van der Waals surface area contributed by atoms with Crippen LogP contribution in [0.2, 0.25) is 0 Å². The minimum absolute atomic E-state index is 0.0520. The lowest BCUT2D eigenvalue weighted by molar-refractivity contribution is -0.139. The van der Waals surface area contributed by atoms with Crippen molar-refractivity contribution < 1.29 is 14.7 Å². The van der Waals surface area contributed by atoms with Crippen molar-refractivity contribution in [1.29, 1.82) is 0 Å². The number of carboxylic acids is 1. The molecule has 3 aliphatic rings. The predicted molar refractivity (Wildman–Crippen MR) is 79.1 cm³/mol. The summed E-state index contributed by atoms with van der Waals surface area (Å²) < 4.78 is 0. The van der Waals surface area contributed by atoms with Crippen molar-refractivity contribution in [2.45, 2.75) is 69.7 Å². The minimum Gasteiger partial charge on any atom is -0.481 e. The molecule has 2 N–H and O–H groups in total. The van der Waals surface area contributed by atoms with E-state index < -0.39 is 11.5 Å². The van der Waals surface area contributed by atoms with Crippen molar-refractivity contribution in [3.05, 3.63) is 0 Å². The molecule has 0 radical (unpaired) electrons. The summed E-state index contributed by atoms with van der Waals surface area (Å²) >= 11 is 0. The number of rotatable bonds is 3. The molecule has 2 saturated carbocycles. The van der Waals surface area contributed by atoms with Gasteiger partial charge >= 0.3 is 12.0 Å². The van der Waals surface area contributed by atoms with Crippen LogP contribution in [0, 0.1) is 5.41 Å². The Labute approximate surface area is 126 Å². The van der Waals surface area contributed by atoms with Crippen LogP contribution in [-0.2, 0) is 4.79 Å². The molecule has 1 heterocycles. The molecule has 0 unspecified atom stereocenters. The molecule has 3 rings (SSSR count). The number of amides is 2. The maximum atomic E-state index is 12.4. The molecule has 1 aliphatic heterocycles. The summed E-state index contributed by atoms with van der Waals surface area (Å²) in [6, 6.07) is -0.0520. The molecular weight excluding hydrogens is 268 g/mol. The van der Waals surface area contributed by atoms with E-state index >= 15 is 0 Å². The Morgan fingerprint density at radius 3 is 2.05 bits per heavy atom. The predicted octanol–water partition coefficient (Wildman–Crippen LogP) is 2.75. The van der Waals surface area contributed by atoms with Crippen molar-refractivity contribution in [1.82, 2.24) is 10.2 Å². The zero-order valence-electron chi connectivity index (χ0n) is 12.7. The number of nitrogens with zero attached hydrogens (tertiary/aromatic N) is 1. The number of likely N-dealkylation sites (tertiary alicyclic amines) is 1. The number of hydrogen-bond acceptors (Lipinski definition) is 2. The number of hydrogen-bond donors (Lipinski definition) is 2. The van der Waals surface area contributed by atoms with Crippen molar-refractivity contribution >= 4 is 12.0 Å². The van der Waals surface area contributed by atoms with E-state index in [1.54, 1.807) is 0 Å². The molecule has 21 heavy (non-hydrogen) atoms. The van der Waals surface area contributed by atoms with Gasteiger partial charge < -0.3 is 15.3 Å². The van der Waals surface area contributed by atoms with Gasteiger partial charge in [0.25, 0.3) is 0 Å². The molecule has 5 nitrogen and oxygen atoms in total. The number of carbonyl (C=O) groups excluding carboxylic acids is 1. The van der Waals surface area contributed by atoms with Crippen molar-refractivity contribution in [3.63, 3.8) is 0 Å². The van der Waals surface area contributed by atoms with Gasteiger partial charge in [0, 0.05) is 13.1 Å². The van der Waals surface area contributed by atoms with Gasteiger partial charge in [-0.2, -0.15) is 0 Å². The average molecular weight is 294 g/mol. The number of nitrogens with one attached hydrogen (secondary N) is 1. The van der Waals surface area contributed by atoms with E-state index in [4.69, 9.17) is 5.11 Å². The molecule has 5 heteroatoms. The lowest BCUT2D eigenvalue weighted by Gasteiger charge is -2.45. The molecule has 1 spiro atoms. The molecule has 0 aromatic carbocycles. The van der Waals surface area contributed by atoms with E-state index in [0.717, 1.165) is 45.2 Å². The maximum Gasteiger partial charge on any atom is 0.317 e. The molecule has 1 saturated heterocycles. The van der Waals surface area contributed by atoms with E-state index in [2.05, 4.69) is 5.32 Å². The average Bonchev–Trinajstić information content (AvgIpc) is 2.84. The van der Waals surface area contributed by atoms with Crippen LogP contribution in [0.3, 0.4) is 0 Å². The Morgan fingerprint density at radius 2 is 1.57 bits per heavy atom. The summed E-state index contributed by atoms with van der Waals surface area (Å²) in [7, 11) is 0. The van der Waals surface area contributed by atoms with Gasteiger partial charge in [-0.25, -0.2) is 4.79 Å². The minimum atomic E-state index is -0.821. The highest BCUT2D eigenvalue weighted by molar-refractivity contribution is 5.77. The number of piperidine rings is 1. The van der Waals surface area contributed by atoms with Gasteiger partial charge in [-0.3, -0.25) is 4.79 Å². The topological polar surface area (TPSA) is 69.6 Å². The fraction of sp³-hybridized carbons (Fsp3) is 0.875. The van der Waals surface area contributed by atoms with Gasteiger partial charge in [-0.05, 0) is 50.4 Å². The first-order chi connectivity index (χ1) is 10.0. The molecule has 3 fully saturated rings. The SMILES string of the molecule is O=C(O)CC1(NC(=O)N2CCC3(CCCC3)CC2)CCC1. The molecule has 2 amide bonds. The first kappa shape index (κ1) is 14.7. The quantitative estimate of drug-likeness (QED) is 0.841. The van der Waals surface area contributed by atoms with Crippen LogP contribution < -0.4 is 5.32 Å². The molecule has 0 aromatic heterocycles. The molecule has 118 valence electrons. The van der Waals surface area contributed by atoms with Crippen LogP contribution in [-0.4, -0.2) is 40.6 Å². The van der Waals surface area contributed by atoms with Gasteiger partial charge in [0.15, 0.2) is 0 Å². The third kappa shape index (κ3) is 3.01. The Bertz CT molecular complexity index is 415. The van der Waals surface area contributed by atoms with Gasteiger partial charge in [-0.1, -0.05) is 12.8 Å². The first-order valence-electron chi connectivity index (χ1n) is 8.32. The lowest BCUT2D eigenvalue weighted by Crippen LogP contribution is -2.59. The number of aliphatic carboxylic acids is 1. The van der Waals surface area contributed by atoms with Gasteiger partial charge in [0.2, 0.25) is 0 Å². The maximum absolute atomic E-state index is 12.4. The summed E-state index contributed by atoms with van der Waals surface area (Å²) in [6.07, 6.45) is 10.2. The molecule has 2 aliphatic carbocycles. The summed E-state index contributed by atoms with van der Waals surface area (Å²) in [5, 5.41) is 12.0. The van der Waals surface area contributed by atoms with E-state index in [1.807, 2.05) is 4.90 Å². The second-order valence-electron chi connectivity index (χ2n) is 7.33. The van der Waals surface area contributed by atoms with Crippen LogP contribution in [0.5, 0.6) is 0 Å². The third-order valence-corrected chi connectivity index (χ3v) is 5.95. The summed E-state index contributed by atoms with van der Waals surface area (Å²) in [5.41, 5.74) is 0.0252. The van der Waals surface area contributed by atoms with Gasteiger partial charge in [0.05, 0.1) is 12.0 Å². The molecule has 0 bridgehead atoms. The number of urea groups is 1. The van der Waals surface area contributed by atoms with E-state index in [-0.39, 0.29) is 12.5 Å². The fourth-order valence-corrected chi connectivity index (χ4v) is 4.35. The Balaban J connectivity index is 1.53. The number of carboxylic acid groups (broad SMARTS) is 1. The van der Waals surface area contributed by atoms with Crippen molar-refractivity contribution in [2.75, 3.05) is 13.1 Å². The lowest BCUT2D eigenvalue weighted by atomic mass is 9.74. The second-order valence-corrected chi connectivity index (χ2v) is 7.33. The normalized spacial score (nSPS) is 26.4. The third-order valence-electron chi connectivity index (χ3n) is 5.95. The monoisotopic (exact) mass is 294 g/mol. The molecule has 0 atom stereocenters. The van der Waals surface area contributed by atoms with Crippen LogP contribution in [0.15, 0.2) is 0 Å². The van der Waals surface area contributed by atoms with Crippen LogP contribution >= 0.6 is 0 Å². The fourth-order valence-electron chi connectivity index (χ4n) is 4.35. The zero-order valence-corrected chi connectivity index (χ0v) is 12.7. The standard InChI is InChI=1S/C16H26N2O3/c19-13(20)12-16(6-3-7-16)17-14(21)18-10-8-15(9-11-18)4-1-2-5-15/h1-12H2,(H,17,21)(H,19,20). The summed E-state index contributed by atoms with van der Waals surface area (Å²) in [4.78, 5) is 25.3. The Hall–Kier alpha value is -1.26. The van der Waals surface area contributed by atoms with E-state index in [1.165, 1.54) is 25.7 Å². The van der Waals surface area contributed by atoms with Gasteiger partial charge in [-0.15, -0.1) is 0 Å². The van der Waals surface area contributed by atoms with Crippen LogP contribution in [0.25, 0.3) is 0 Å². The highest BCUT2D eigenvalue weighted by Gasteiger charge is 2.43. The number of carbonyl (C=O) groups is 2. The molecular formula is C16H26N2O3. The van der Waals surface area contributed by atoms with Gasteiger partial charge in [0.1, 0.15) is 0 Å². The molecule has 0 aromatic rings. The Kier molecular flexibility index (Phi) is 3.84. The second kappa shape index (κ2) is 5.50. The summed E-state index contributed by atoms with van der Waals surface area (Å²) in [6.45, 7) is 1.66.